The van der Waals surface area contributed by atoms with Gasteiger partial charge in [0.1, 0.15) is 0 Å². The minimum atomic E-state index is 0.248. The van der Waals surface area contributed by atoms with Crippen LogP contribution in [0.4, 0.5) is 0 Å². The number of benzene rings is 2. The number of ether oxygens (including phenoxy) is 2. The fourth-order valence-electron chi connectivity index (χ4n) is 3.12. The van der Waals surface area contributed by atoms with Crippen molar-refractivity contribution in [3.63, 3.8) is 0 Å². The number of oxime groups is 1. The number of nitrogens with zero attached hydrogens (tertiary/aromatic N) is 1. The molecule has 3 rings (SSSR count). The van der Waals surface area contributed by atoms with Crippen LogP contribution in [0.2, 0.25) is 0 Å². The monoisotopic (exact) mass is 325 g/mol. The van der Waals surface area contributed by atoms with Gasteiger partial charge in [-0.1, -0.05) is 35.5 Å². The first kappa shape index (κ1) is 16.4. The van der Waals surface area contributed by atoms with Gasteiger partial charge in [0.15, 0.2) is 11.5 Å². The van der Waals surface area contributed by atoms with E-state index in [-0.39, 0.29) is 6.10 Å². The molecule has 0 saturated heterocycles. The lowest BCUT2D eigenvalue weighted by Gasteiger charge is -2.17. The van der Waals surface area contributed by atoms with E-state index in [1.54, 1.807) is 7.11 Å². The maximum Gasteiger partial charge on any atom is 0.162 e. The molecule has 0 radical (unpaired) electrons. The quantitative estimate of drug-likeness (QED) is 0.485. The van der Waals surface area contributed by atoms with Gasteiger partial charge in [0.05, 0.1) is 18.9 Å². The van der Waals surface area contributed by atoms with Crippen LogP contribution in [0.25, 0.3) is 0 Å². The van der Waals surface area contributed by atoms with Gasteiger partial charge in [0.25, 0.3) is 0 Å². The molecular formula is C20H23NO3. The highest BCUT2D eigenvalue weighted by atomic mass is 16.5. The highest BCUT2D eigenvalue weighted by Crippen LogP contribution is 2.32. The average molecular weight is 325 g/mol. The summed E-state index contributed by atoms with van der Waals surface area (Å²) in [6.07, 6.45) is 5.40. The molecule has 1 aliphatic carbocycles. The van der Waals surface area contributed by atoms with E-state index in [0.717, 1.165) is 29.7 Å². The molecule has 126 valence electrons. The Morgan fingerprint density at radius 3 is 2.50 bits per heavy atom. The van der Waals surface area contributed by atoms with Crippen LogP contribution in [-0.2, 0) is 6.42 Å². The number of methoxy groups -OCH3 is 1. The maximum absolute atomic E-state index is 9.46. The molecular weight excluding hydrogens is 302 g/mol. The van der Waals surface area contributed by atoms with Crippen LogP contribution in [0.1, 0.15) is 36.8 Å². The van der Waals surface area contributed by atoms with Gasteiger partial charge in [-0.25, -0.2) is 0 Å². The maximum atomic E-state index is 9.46. The fraction of sp³-hybridized carbons (Fsp3) is 0.350. The van der Waals surface area contributed by atoms with Gasteiger partial charge in [0.2, 0.25) is 0 Å². The molecule has 1 fully saturated rings. The lowest BCUT2D eigenvalue weighted by Crippen LogP contribution is -2.13. The van der Waals surface area contributed by atoms with Gasteiger partial charge in [-0.3, -0.25) is 0 Å². The predicted molar refractivity (Wildman–Crippen MR) is 94.3 cm³/mol. The largest absolute Gasteiger partial charge is 0.493 e. The van der Waals surface area contributed by atoms with Crippen molar-refractivity contribution in [1.82, 2.24) is 0 Å². The van der Waals surface area contributed by atoms with Crippen molar-refractivity contribution in [3.05, 3.63) is 59.7 Å². The van der Waals surface area contributed by atoms with Crippen molar-refractivity contribution in [2.24, 2.45) is 5.16 Å². The van der Waals surface area contributed by atoms with E-state index < -0.39 is 0 Å². The first-order valence-corrected chi connectivity index (χ1v) is 8.40. The molecule has 4 heteroatoms. The van der Waals surface area contributed by atoms with Crippen LogP contribution in [0.5, 0.6) is 11.5 Å². The van der Waals surface area contributed by atoms with Crippen LogP contribution < -0.4 is 9.47 Å². The molecule has 0 atom stereocenters. The van der Waals surface area contributed by atoms with Crippen molar-refractivity contribution >= 4 is 5.71 Å². The molecule has 0 spiro atoms. The van der Waals surface area contributed by atoms with Gasteiger partial charge >= 0.3 is 0 Å². The van der Waals surface area contributed by atoms with Gasteiger partial charge < -0.3 is 14.7 Å². The second-order valence-electron chi connectivity index (χ2n) is 6.10. The highest BCUT2D eigenvalue weighted by molar-refractivity contribution is 6.02. The van der Waals surface area contributed by atoms with Crippen LogP contribution in [-0.4, -0.2) is 24.1 Å². The molecule has 0 unspecified atom stereocenters. The van der Waals surface area contributed by atoms with Crippen LogP contribution >= 0.6 is 0 Å². The first-order chi connectivity index (χ1) is 11.8. The zero-order valence-electron chi connectivity index (χ0n) is 13.9. The molecule has 0 aliphatic heterocycles. The second-order valence-corrected chi connectivity index (χ2v) is 6.10. The Morgan fingerprint density at radius 2 is 1.83 bits per heavy atom. The number of rotatable bonds is 6. The van der Waals surface area contributed by atoms with Gasteiger partial charge in [-0.05, 0) is 49.4 Å². The Labute approximate surface area is 142 Å². The minimum absolute atomic E-state index is 0.248. The topological polar surface area (TPSA) is 51.0 Å². The normalized spacial score (nSPS) is 15.5. The van der Waals surface area contributed by atoms with Crippen molar-refractivity contribution in [3.8, 4) is 11.5 Å². The van der Waals surface area contributed by atoms with E-state index in [0.29, 0.717) is 17.9 Å². The van der Waals surface area contributed by atoms with Crippen molar-refractivity contribution in [1.29, 1.82) is 0 Å². The smallest absolute Gasteiger partial charge is 0.162 e. The Morgan fingerprint density at radius 1 is 1.08 bits per heavy atom. The van der Waals surface area contributed by atoms with Gasteiger partial charge in [-0.15, -0.1) is 0 Å². The number of hydrogen-bond acceptors (Lipinski definition) is 4. The highest BCUT2D eigenvalue weighted by Gasteiger charge is 2.19. The summed E-state index contributed by atoms with van der Waals surface area (Å²) in [5.41, 5.74) is 2.55. The molecule has 4 nitrogen and oxygen atoms in total. The molecule has 0 heterocycles. The first-order valence-electron chi connectivity index (χ1n) is 8.40. The summed E-state index contributed by atoms with van der Waals surface area (Å²) in [5, 5.41) is 13.0. The lowest BCUT2D eigenvalue weighted by molar-refractivity contribution is 0.201. The summed E-state index contributed by atoms with van der Waals surface area (Å²) in [7, 11) is 1.64. The van der Waals surface area contributed by atoms with E-state index >= 15 is 0 Å². The SMILES string of the molecule is COc1ccc(/C(Cc2ccccc2)=N\O)cc1OC1CCCC1. The summed E-state index contributed by atoms with van der Waals surface area (Å²) < 4.78 is 11.5. The minimum Gasteiger partial charge on any atom is -0.493 e. The van der Waals surface area contributed by atoms with E-state index in [4.69, 9.17) is 9.47 Å². The Balaban J connectivity index is 1.83. The summed E-state index contributed by atoms with van der Waals surface area (Å²) in [6, 6.07) is 15.7. The molecule has 0 amide bonds. The third kappa shape index (κ3) is 3.88. The Hall–Kier alpha value is -2.49. The third-order valence-corrected chi connectivity index (χ3v) is 4.43. The van der Waals surface area contributed by atoms with E-state index in [9.17, 15) is 5.21 Å². The Bertz CT molecular complexity index is 691. The van der Waals surface area contributed by atoms with Crippen LogP contribution in [0, 0.1) is 0 Å². The molecule has 0 aromatic heterocycles. The van der Waals surface area contributed by atoms with Crippen LogP contribution in [0.3, 0.4) is 0 Å². The van der Waals surface area contributed by atoms with E-state index in [1.165, 1.54) is 12.8 Å². The molecule has 0 bridgehead atoms. The van der Waals surface area contributed by atoms with E-state index in [2.05, 4.69) is 5.16 Å². The molecule has 1 N–H and O–H groups in total. The summed E-state index contributed by atoms with van der Waals surface area (Å²) in [4.78, 5) is 0. The zero-order valence-corrected chi connectivity index (χ0v) is 13.9. The number of hydrogen-bond donors (Lipinski definition) is 1. The molecule has 1 saturated carbocycles. The van der Waals surface area contributed by atoms with Crippen molar-refractivity contribution in [2.45, 2.75) is 38.2 Å². The molecule has 2 aromatic rings. The van der Waals surface area contributed by atoms with E-state index in [1.807, 2.05) is 48.5 Å². The van der Waals surface area contributed by atoms with Crippen molar-refractivity contribution < 1.29 is 14.7 Å². The standard InChI is InChI=1S/C20H23NO3/c1-23-19-12-11-16(14-20(19)24-17-9-5-6-10-17)18(21-22)13-15-7-3-2-4-8-15/h2-4,7-8,11-12,14,17,22H,5-6,9-10,13H2,1H3/b21-18-. The van der Waals surface area contributed by atoms with Gasteiger partial charge in [-0.2, -0.15) is 0 Å². The van der Waals surface area contributed by atoms with Crippen LogP contribution in [0.15, 0.2) is 53.7 Å². The zero-order chi connectivity index (χ0) is 16.8. The summed E-state index contributed by atoms with van der Waals surface area (Å²) in [6.45, 7) is 0. The molecule has 2 aromatic carbocycles. The second kappa shape index (κ2) is 7.86. The van der Waals surface area contributed by atoms with Gasteiger partial charge in [0, 0.05) is 12.0 Å². The molecule has 24 heavy (non-hydrogen) atoms. The predicted octanol–water partition coefficient (Wildman–Crippen LogP) is 4.44. The fourth-order valence-corrected chi connectivity index (χ4v) is 3.12. The molecule has 1 aliphatic rings. The third-order valence-electron chi connectivity index (χ3n) is 4.43. The summed E-state index contributed by atoms with van der Waals surface area (Å²) >= 11 is 0. The average Bonchev–Trinajstić information content (AvgIpc) is 3.13. The van der Waals surface area contributed by atoms with Crippen molar-refractivity contribution in [2.75, 3.05) is 7.11 Å². The Kier molecular flexibility index (Phi) is 5.36. The lowest BCUT2D eigenvalue weighted by atomic mass is 10.0. The summed E-state index contributed by atoms with van der Waals surface area (Å²) in [5.74, 6) is 1.43.